The maximum absolute atomic E-state index is 12.4. The van der Waals surface area contributed by atoms with Crippen LogP contribution in [0.4, 0.5) is 0 Å². The van der Waals surface area contributed by atoms with Crippen LogP contribution in [0.15, 0.2) is 35.1 Å². The molecule has 0 aromatic carbocycles. The van der Waals surface area contributed by atoms with Gasteiger partial charge in [-0.3, -0.25) is 9.36 Å². The van der Waals surface area contributed by atoms with E-state index >= 15 is 0 Å². The highest BCUT2D eigenvalue weighted by Gasteiger charge is 2.18. The lowest BCUT2D eigenvalue weighted by molar-refractivity contribution is 0.0524. The van der Waals surface area contributed by atoms with E-state index in [0.717, 1.165) is 0 Å². The third kappa shape index (κ3) is 2.29. The lowest BCUT2D eigenvalue weighted by atomic mass is 10.2. The molecule has 0 radical (unpaired) electrons. The van der Waals surface area contributed by atoms with Crippen LogP contribution < -0.4 is 5.43 Å². The summed E-state index contributed by atoms with van der Waals surface area (Å²) < 4.78 is 6.51. The molecule has 7 nitrogen and oxygen atoms in total. The second-order valence-electron chi connectivity index (χ2n) is 4.04. The van der Waals surface area contributed by atoms with Gasteiger partial charge in [0.15, 0.2) is 10.8 Å². The van der Waals surface area contributed by atoms with Crippen molar-refractivity contribution in [3.05, 3.63) is 46.1 Å². The Bertz CT molecular complexity index is 857. The standard InChI is InChI=1S/C13H10N4O3S/c1-2-20-12(19)9-6-17(13-15-3-4-21-13)11-8(10(9)18)5-14-7-16-11/h3-7H,2H2,1H3. The van der Waals surface area contributed by atoms with E-state index in [4.69, 9.17) is 4.74 Å². The second-order valence-corrected chi connectivity index (χ2v) is 4.91. The summed E-state index contributed by atoms with van der Waals surface area (Å²) in [5.74, 6) is -0.668. The van der Waals surface area contributed by atoms with Crippen molar-refractivity contribution in [3.8, 4) is 5.13 Å². The highest BCUT2D eigenvalue weighted by atomic mass is 32.1. The molecule has 8 heteroatoms. The highest BCUT2D eigenvalue weighted by Crippen LogP contribution is 2.17. The number of hydrogen-bond donors (Lipinski definition) is 0. The average molecular weight is 302 g/mol. The quantitative estimate of drug-likeness (QED) is 0.680. The number of esters is 1. The van der Waals surface area contributed by atoms with Crippen LogP contribution >= 0.6 is 11.3 Å². The fraction of sp³-hybridized carbons (Fsp3) is 0.154. The van der Waals surface area contributed by atoms with Crippen LogP contribution in [-0.4, -0.2) is 32.1 Å². The molecule has 0 fully saturated rings. The maximum Gasteiger partial charge on any atom is 0.343 e. The summed E-state index contributed by atoms with van der Waals surface area (Å²) in [5.41, 5.74) is -0.107. The lowest BCUT2D eigenvalue weighted by Crippen LogP contribution is -2.21. The molecule has 106 valence electrons. The fourth-order valence-electron chi connectivity index (χ4n) is 1.90. The van der Waals surface area contributed by atoms with E-state index in [1.807, 2.05) is 0 Å². The molecule has 0 saturated carbocycles. The normalized spacial score (nSPS) is 10.7. The Morgan fingerprint density at radius 3 is 3.00 bits per heavy atom. The summed E-state index contributed by atoms with van der Waals surface area (Å²) in [6.45, 7) is 1.88. The third-order valence-corrected chi connectivity index (χ3v) is 3.56. The van der Waals surface area contributed by atoms with Crippen molar-refractivity contribution in [2.45, 2.75) is 6.92 Å². The van der Waals surface area contributed by atoms with Gasteiger partial charge in [-0.1, -0.05) is 0 Å². The number of aromatic nitrogens is 4. The fourth-order valence-corrected chi connectivity index (χ4v) is 2.52. The number of hydrogen-bond acceptors (Lipinski definition) is 7. The van der Waals surface area contributed by atoms with Gasteiger partial charge in [0.25, 0.3) is 0 Å². The minimum Gasteiger partial charge on any atom is -0.462 e. The van der Waals surface area contributed by atoms with Crippen molar-refractivity contribution in [3.63, 3.8) is 0 Å². The Kier molecular flexibility index (Phi) is 3.44. The Hall–Kier alpha value is -2.61. The minimum atomic E-state index is -0.668. The summed E-state index contributed by atoms with van der Waals surface area (Å²) >= 11 is 1.37. The van der Waals surface area contributed by atoms with Gasteiger partial charge in [0.1, 0.15) is 11.9 Å². The predicted octanol–water partition coefficient (Wildman–Crippen LogP) is 1.41. The first-order valence-electron chi connectivity index (χ1n) is 6.14. The topological polar surface area (TPSA) is 87.0 Å². The minimum absolute atomic E-state index is 0.0608. The molecule has 0 aliphatic heterocycles. The van der Waals surface area contributed by atoms with Gasteiger partial charge < -0.3 is 4.74 Å². The summed E-state index contributed by atoms with van der Waals surface area (Å²) in [7, 11) is 0. The molecule has 0 atom stereocenters. The molecular weight excluding hydrogens is 292 g/mol. The third-order valence-electron chi connectivity index (χ3n) is 2.79. The van der Waals surface area contributed by atoms with Gasteiger partial charge in [0.2, 0.25) is 5.43 Å². The van der Waals surface area contributed by atoms with E-state index in [0.29, 0.717) is 10.8 Å². The zero-order chi connectivity index (χ0) is 14.8. The Labute approximate surface area is 122 Å². The predicted molar refractivity (Wildman–Crippen MR) is 76.8 cm³/mol. The van der Waals surface area contributed by atoms with Crippen LogP contribution in [-0.2, 0) is 4.74 Å². The number of fused-ring (bicyclic) bond motifs is 1. The van der Waals surface area contributed by atoms with Gasteiger partial charge in [0.05, 0.1) is 12.0 Å². The SMILES string of the molecule is CCOC(=O)c1cn(-c2nccs2)c2ncncc2c1=O. The van der Waals surface area contributed by atoms with Crippen LogP contribution in [0, 0.1) is 0 Å². The molecule has 3 aromatic heterocycles. The van der Waals surface area contributed by atoms with E-state index in [1.165, 1.54) is 30.1 Å². The van der Waals surface area contributed by atoms with Crippen LogP contribution in [0.3, 0.4) is 0 Å². The van der Waals surface area contributed by atoms with Gasteiger partial charge in [0, 0.05) is 24.0 Å². The summed E-state index contributed by atoms with van der Waals surface area (Å²) in [4.78, 5) is 36.4. The number of carbonyl (C=O) groups excluding carboxylic acids is 1. The maximum atomic E-state index is 12.4. The van der Waals surface area contributed by atoms with Crippen molar-refractivity contribution in [1.29, 1.82) is 0 Å². The Balaban J connectivity index is 2.34. The molecule has 0 aliphatic rings. The molecule has 0 bridgehead atoms. The van der Waals surface area contributed by atoms with E-state index in [1.54, 1.807) is 23.1 Å². The van der Waals surface area contributed by atoms with Crippen LogP contribution in [0.25, 0.3) is 16.2 Å². The summed E-state index contributed by atoms with van der Waals surface area (Å²) in [6, 6.07) is 0. The van der Waals surface area contributed by atoms with Gasteiger partial charge in [-0.05, 0) is 6.92 Å². The first kappa shape index (κ1) is 13.4. The molecule has 0 spiro atoms. The molecule has 0 aliphatic carbocycles. The molecule has 3 heterocycles. The molecule has 0 N–H and O–H groups in total. The zero-order valence-electron chi connectivity index (χ0n) is 11.0. The monoisotopic (exact) mass is 302 g/mol. The molecular formula is C13H10N4O3S. The number of nitrogens with zero attached hydrogens (tertiary/aromatic N) is 4. The largest absolute Gasteiger partial charge is 0.462 e. The van der Waals surface area contributed by atoms with Gasteiger partial charge in [-0.2, -0.15) is 0 Å². The van der Waals surface area contributed by atoms with Crippen LogP contribution in [0.2, 0.25) is 0 Å². The Morgan fingerprint density at radius 2 is 2.29 bits per heavy atom. The van der Waals surface area contributed by atoms with E-state index in [2.05, 4.69) is 15.0 Å². The molecule has 0 amide bonds. The van der Waals surface area contributed by atoms with E-state index in [-0.39, 0.29) is 17.6 Å². The number of carbonyl (C=O) groups is 1. The van der Waals surface area contributed by atoms with Gasteiger partial charge >= 0.3 is 5.97 Å². The van der Waals surface area contributed by atoms with Gasteiger partial charge in [-0.15, -0.1) is 11.3 Å². The molecule has 0 saturated heterocycles. The van der Waals surface area contributed by atoms with E-state index in [9.17, 15) is 9.59 Å². The van der Waals surface area contributed by atoms with Crippen molar-refractivity contribution < 1.29 is 9.53 Å². The first-order chi connectivity index (χ1) is 10.2. The molecule has 0 unspecified atom stereocenters. The number of pyridine rings is 1. The zero-order valence-corrected chi connectivity index (χ0v) is 11.8. The number of ether oxygens (including phenoxy) is 1. The van der Waals surface area contributed by atoms with E-state index < -0.39 is 11.4 Å². The summed E-state index contributed by atoms with van der Waals surface area (Å²) in [5, 5.41) is 2.65. The molecule has 21 heavy (non-hydrogen) atoms. The van der Waals surface area contributed by atoms with Crippen molar-refractivity contribution in [2.24, 2.45) is 0 Å². The smallest absolute Gasteiger partial charge is 0.343 e. The van der Waals surface area contributed by atoms with Crippen molar-refractivity contribution in [2.75, 3.05) is 6.61 Å². The Morgan fingerprint density at radius 1 is 1.43 bits per heavy atom. The second kappa shape index (κ2) is 5.41. The average Bonchev–Trinajstić information content (AvgIpc) is 3.02. The van der Waals surface area contributed by atoms with Crippen molar-refractivity contribution >= 4 is 28.3 Å². The molecule has 3 rings (SSSR count). The van der Waals surface area contributed by atoms with Crippen LogP contribution in [0.1, 0.15) is 17.3 Å². The lowest BCUT2D eigenvalue weighted by Gasteiger charge is -2.09. The first-order valence-corrected chi connectivity index (χ1v) is 7.02. The number of rotatable bonds is 3. The number of thiazole rings is 1. The highest BCUT2D eigenvalue weighted by molar-refractivity contribution is 7.12. The van der Waals surface area contributed by atoms with Gasteiger partial charge in [-0.25, -0.2) is 19.7 Å². The molecule has 3 aromatic rings. The summed E-state index contributed by atoms with van der Waals surface area (Å²) in [6.07, 6.45) is 5.77. The van der Waals surface area contributed by atoms with Crippen LogP contribution in [0.5, 0.6) is 0 Å². The van der Waals surface area contributed by atoms with Crippen molar-refractivity contribution in [1.82, 2.24) is 19.5 Å².